The highest BCUT2D eigenvalue weighted by Gasteiger charge is 2.37. The van der Waals surface area contributed by atoms with Crippen molar-refractivity contribution in [2.24, 2.45) is 0 Å². The van der Waals surface area contributed by atoms with Gasteiger partial charge in [-0.3, -0.25) is 9.97 Å². The van der Waals surface area contributed by atoms with Gasteiger partial charge < -0.3 is 41.3 Å². The molecule has 0 fully saturated rings. The average molecular weight is 733 g/mol. The van der Waals surface area contributed by atoms with E-state index in [0.29, 0.717) is 10.5 Å². The Bertz CT molecular complexity index is 951. The van der Waals surface area contributed by atoms with Gasteiger partial charge in [-0.05, 0) is 58.1 Å². The van der Waals surface area contributed by atoms with Crippen molar-refractivity contribution in [2.75, 3.05) is 27.2 Å². The summed E-state index contributed by atoms with van der Waals surface area (Å²) in [4.78, 5) is 30.8. The highest BCUT2D eigenvalue weighted by atomic mass is 79.9. The number of hydrogen-bond donors (Lipinski definition) is 8. The standard InChI is InChI=1S/2C9H13BrN2S.C6H10O8/c2*1-7(4-11-2)13-9-3-8(10)5-12-6-9;7-1(3(9)5(11)12)2(8)4(10)6(13)14/h2*3,5-7,11H,4H2,1-2H3;1-4,7-10H,(H,11,12)(H,13,14)/t;;1-,2+,3+,4-. The molecule has 0 saturated heterocycles. The first-order valence-electron chi connectivity index (χ1n) is 11.7. The number of hydrogen-bond acceptors (Lipinski definition) is 12. The van der Waals surface area contributed by atoms with Crippen LogP contribution in [0, 0.1) is 0 Å². The molecule has 16 heteroatoms. The molecule has 0 aromatic carbocycles. The number of carbonyl (C=O) groups is 2. The van der Waals surface area contributed by atoms with Gasteiger partial charge in [0.15, 0.2) is 12.2 Å². The SMILES string of the molecule is CNCC(C)Sc1cncc(Br)c1.CNCC(C)Sc1cncc(Br)c1.O=C(O)[C@@H](O)[C@H](O)[C@H](O)[C@@H](O)C(=O)O. The van der Waals surface area contributed by atoms with Crippen molar-refractivity contribution in [3.8, 4) is 0 Å². The second-order valence-corrected chi connectivity index (χ2v) is 13.1. The third-order valence-electron chi connectivity index (χ3n) is 4.52. The first-order chi connectivity index (χ1) is 18.7. The molecule has 0 amide bonds. The quantitative estimate of drug-likeness (QED) is 0.138. The second-order valence-electron chi connectivity index (χ2n) is 8.20. The second kappa shape index (κ2) is 21.4. The van der Waals surface area contributed by atoms with E-state index < -0.39 is 36.4 Å². The summed E-state index contributed by atoms with van der Waals surface area (Å²) in [5.74, 6) is -3.68. The minimum atomic E-state index is -2.36. The summed E-state index contributed by atoms with van der Waals surface area (Å²) in [6.07, 6.45) is -1.90. The number of thioether (sulfide) groups is 2. The number of aliphatic hydroxyl groups excluding tert-OH is 4. The topological polar surface area (TPSA) is 205 Å². The molecule has 226 valence electrons. The van der Waals surface area contributed by atoms with Crippen LogP contribution in [0.2, 0.25) is 0 Å². The predicted molar refractivity (Wildman–Crippen MR) is 162 cm³/mol. The van der Waals surface area contributed by atoms with Crippen LogP contribution in [-0.2, 0) is 9.59 Å². The zero-order valence-corrected chi connectivity index (χ0v) is 27.1. The first-order valence-corrected chi connectivity index (χ1v) is 15.1. The largest absolute Gasteiger partial charge is 0.479 e. The van der Waals surface area contributed by atoms with Crippen LogP contribution < -0.4 is 10.6 Å². The molecular weight excluding hydrogens is 696 g/mol. The summed E-state index contributed by atoms with van der Waals surface area (Å²) >= 11 is 10.5. The molecule has 0 saturated carbocycles. The lowest BCUT2D eigenvalue weighted by atomic mass is 10.0. The van der Waals surface area contributed by atoms with Crippen LogP contribution in [0.15, 0.2) is 55.7 Å². The normalized spacial score (nSPS) is 15.2. The maximum Gasteiger partial charge on any atom is 0.335 e. The highest BCUT2D eigenvalue weighted by Crippen LogP contribution is 2.25. The minimum absolute atomic E-state index is 0.570. The number of nitrogens with one attached hydrogen (secondary N) is 2. The molecule has 0 spiro atoms. The average Bonchev–Trinajstić information content (AvgIpc) is 2.87. The van der Waals surface area contributed by atoms with Gasteiger partial charge in [0.1, 0.15) is 12.2 Å². The summed E-state index contributed by atoms with van der Waals surface area (Å²) in [6, 6.07) is 4.17. The summed E-state index contributed by atoms with van der Waals surface area (Å²) in [7, 11) is 3.94. The lowest BCUT2D eigenvalue weighted by Gasteiger charge is -2.21. The van der Waals surface area contributed by atoms with Gasteiger partial charge in [-0.2, -0.15) is 0 Å². The molecular formula is C24H36Br2N4O8S2. The molecule has 0 aliphatic carbocycles. The number of aromatic nitrogens is 2. The molecule has 12 nitrogen and oxygen atoms in total. The summed E-state index contributed by atoms with van der Waals surface area (Å²) in [5.41, 5.74) is 0. The fourth-order valence-corrected chi connectivity index (χ4v) is 5.80. The van der Waals surface area contributed by atoms with Crippen LogP contribution in [0.4, 0.5) is 0 Å². The molecule has 8 N–H and O–H groups in total. The van der Waals surface area contributed by atoms with Crippen molar-refractivity contribution in [1.29, 1.82) is 0 Å². The van der Waals surface area contributed by atoms with Gasteiger partial charge in [-0.1, -0.05) is 13.8 Å². The van der Waals surface area contributed by atoms with Crippen LogP contribution in [0.1, 0.15) is 13.8 Å². The molecule has 0 radical (unpaired) electrons. The third kappa shape index (κ3) is 16.8. The number of aliphatic hydroxyl groups is 4. The van der Waals surface area contributed by atoms with Crippen molar-refractivity contribution in [3.63, 3.8) is 0 Å². The number of aliphatic carboxylic acids is 2. The van der Waals surface area contributed by atoms with E-state index in [9.17, 15) is 9.59 Å². The number of carboxylic acids is 2. The van der Waals surface area contributed by atoms with E-state index in [0.717, 1.165) is 22.0 Å². The third-order valence-corrected chi connectivity index (χ3v) is 7.52. The summed E-state index contributed by atoms with van der Waals surface area (Å²) < 4.78 is 2.07. The number of pyridine rings is 2. The van der Waals surface area contributed by atoms with Crippen molar-refractivity contribution in [3.05, 3.63) is 45.9 Å². The van der Waals surface area contributed by atoms with E-state index in [1.807, 2.05) is 50.0 Å². The lowest BCUT2D eigenvalue weighted by molar-refractivity contribution is -0.172. The van der Waals surface area contributed by atoms with E-state index in [-0.39, 0.29) is 0 Å². The number of rotatable bonds is 13. The van der Waals surface area contributed by atoms with Crippen molar-refractivity contribution in [1.82, 2.24) is 20.6 Å². The first kappa shape index (κ1) is 38.7. The Hall–Kier alpha value is -1.34. The van der Waals surface area contributed by atoms with Crippen molar-refractivity contribution >= 4 is 67.3 Å². The number of halogens is 2. The van der Waals surface area contributed by atoms with E-state index in [2.05, 4.69) is 78.4 Å². The Morgan fingerprint density at radius 1 is 0.750 bits per heavy atom. The fraction of sp³-hybridized carbons (Fsp3) is 0.500. The number of carboxylic acid groups (broad SMARTS) is 2. The molecule has 6 atom stereocenters. The summed E-state index contributed by atoms with van der Waals surface area (Å²) in [6.45, 7) is 6.42. The maximum absolute atomic E-state index is 10.1. The zero-order chi connectivity index (χ0) is 30.8. The molecule has 2 aromatic heterocycles. The highest BCUT2D eigenvalue weighted by molar-refractivity contribution is 9.10. The van der Waals surface area contributed by atoms with Gasteiger partial charge in [-0.15, -0.1) is 23.5 Å². The summed E-state index contributed by atoms with van der Waals surface area (Å²) in [5, 5.41) is 58.9. The smallest absolute Gasteiger partial charge is 0.335 e. The lowest BCUT2D eigenvalue weighted by Crippen LogP contribution is -2.49. The molecule has 40 heavy (non-hydrogen) atoms. The van der Waals surface area contributed by atoms with Gasteiger partial charge in [-0.25, -0.2) is 9.59 Å². The van der Waals surface area contributed by atoms with Crippen LogP contribution >= 0.6 is 55.4 Å². The molecule has 0 aliphatic heterocycles. The van der Waals surface area contributed by atoms with Crippen LogP contribution in [-0.4, -0.2) is 115 Å². The van der Waals surface area contributed by atoms with Crippen molar-refractivity contribution < 1.29 is 40.2 Å². The number of nitrogens with zero attached hydrogens (tertiary/aromatic N) is 2. The molecule has 2 unspecified atom stereocenters. The van der Waals surface area contributed by atoms with Crippen molar-refractivity contribution in [2.45, 2.75) is 58.6 Å². The van der Waals surface area contributed by atoms with Crippen LogP contribution in [0.5, 0.6) is 0 Å². The monoisotopic (exact) mass is 730 g/mol. The van der Waals surface area contributed by atoms with Gasteiger partial charge in [0.25, 0.3) is 0 Å². The Morgan fingerprint density at radius 3 is 1.32 bits per heavy atom. The molecule has 2 heterocycles. The molecule has 2 aromatic rings. The Morgan fingerprint density at radius 2 is 1.07 bits per heavy atom. The zero-order valence-electron chi connectivity index (χ0n) is 22.3. The Kier molecular flexibility index (Phi) is 20.7. The Balaban J connectivity index is 0.000000571. The Labute approximate surface area is 258 Å². The maximum atomic E-state index is 10.1. The fourth-order valence-electron chi connectivity index (χ4n) is 2.70. The van der Waals surface area contributed by atoms with E-state index >= 15 is 0 Å². The predicted octanol–water partition coefficient (Wildman–Crippen LogP) is 1.69. The van der Waals surface area contributed by atoms with Crippen LogP contribution in [0.25, 0.3) is 0 Å². The molecule has 2 rings (SSSR count). The van der Waals surface area contributed by atoms with Gasteiger partial charge in [0.05, 0.1) is 0 Å². The molecule has 0 bridgehead atoms. The van der Waals surface area contributed by atoms with Gasteiger partial charge in [0.2, 0.25) is 0 Å². The van der Waals surface area contributed by atoms with Gasteiger partial charge >= 0.3 is 11.9 Å². The van der Waals surface area contributed by atoms with Gasteiger partial charge in [0, 0.05) is 67.1 Å². The van der Waals surface area contributed by atoms with E-state index in [4.69, 9.17) is 30.6 Å². The molecule has 0 aliphatic rings. The van der Waals surface area contributed by atoms with Crippen LogP contribution in [0.3, 0.4) is 0 Å². The minimum Gasteiger partial charge on any atom is -0.479 e. The van der Waals surface area contributed by atoms with E-state index in [1.165, 1.54) is 9.79 Å². The van der Waals surface area contributed by atoms with E-state index in [1.54, 1.807) is 12.4 Å².